The average molecular weight is 219 g/mol. The molecule has 0 bridgehead atoms. The number of hydrogen-bond donors (Lipinski definition) is 3. The van der Waals surface area contributed by atoms with E-state index in [9.17, 15) is 13.2 Å². The third-order valence-corrected chi connectivity index (χ3v) is 2.10. The van der Waals surface area contributed by atoms with Gasteiger partial charge in [0.2, 0.25) is 0 Å². The van der Waals surface area contributed by atoms with Gasteiger partial charge in [0.15, 0.2) is 0 Å². The molecule has 0 radical (unpaired) electrons. The molecule has 0 aliphatic carbocycles. The van der Waals surface area contributed by atoms with E-state index < -0.39 is 17.8 Å². The second-order valence-electron chi connectivity index (χ2n) is 3.15. The number of anilines is 1. The van der Waals surface area contributed by atoms with Crippen molar-refractivity contribution in [2.45, 2.75) is 12.2 Å². The van der Waals surface area contributed by atoms with Gasteiger partial charge in [-0.25, -0.2) is 0 Å². The van der Waals surface area contributed by atoms with Crippen LogP contribution in [0.1, 0.15) is 17.2 Å². The van der Waals surface area contributed by atoms with Crippen LogP contribution in [-0.2, 0) is 6.18 Å². The zero-order chi connectivity index (χ0) is 11.6. The highest BCUT2D eigenvalue weighted by atomic mass is 19.4. The molecule has 0 saturated heterocycles. The van der Waals surface area contributed by atoms with Crippen molar-refractivity contribution in [1.82, 2.24) is 0 Å². The smallest absolute Gasteiger partial charge is 0.398 e. The Labute approximate surface area is 85.0 Å². The molecule has 0 spiro atoms. The van der Waals surface area contributed by atoms with Crippen LogP contribution in [0.5, 0.6) is 0 Å². The standard InChI is InChI=1S/C9H12F3N3/c10-9(11,12)6-3-1-2-5(8(6)15)7(14)4-13/h1-3,7H,4,13-15H2/t7-/m1/s1. The summed E-state index contributed by atoms with van der Waals surface area (Å²) in [5.74, 6) is 0. The molecule has 3 nitrogen and oxygen atoms in total. The van der Waals surface area contributed by atoms with Gasteiger partial charge in [-0.1, -0.05) is 12.1 Å². The van der Waals surface area contributed by atoms with Gasteiger partial charge in [-0.3, -0.25) is 0 Å². The van der Waals surface area contributed by atoms with E-state index in [2.05, 4.69) is 0 Å². The fourth-order valence-electron chi connectivity index (χ4n) is 1.28. The van der Waals surface area contributed by atoms with E-state index in [0.717, 1.165) is 6.07 Å². The number of alkyl halides is 3. The molecule has 15 heavy (non-hydrogen) atoms. The minimum Gasteiger partial charge on any atom is -0.398 e. The Hall–Kier alpha value is -1.27. The molecule has 1 atom stereocenters. The van der Waals surface area contributed by atoms with Crippen molar-refractivity contribution in [2.24, 2.45) is 11.5 Å². The van der Waals surface area contributed by atoms with Gasteiger partial charge in [-0.05, 0) is 11.6 Å². The normalized spacial score (nSPS) is 13.9. The summed E-state index contributed by atoms with van der Waals surface area (Å²) in [7, 11) is 0. The van der Waals surface area contributed by atoms with Crippen LogP contribution < -0.4 is 17.2 Å². The van der Waals surface area contributed by atoms with Crippen LogP contribution >= 0.6 is 0 Å². The lowest BCUT2D eigenvalue weighted by Gasteiger charge is -2.16. The Morgan fingerprint density at radius 3 is 2.33 bits per heavy atom. The van der Waals surface area contributed by atoms with Gasteiger partial charge in [-0.15, -0.1) is 0 Å². The molecule has 0 aliphatic heterocycles. The summed E-state index contributed by atoms with van der Waals surface area (Å²) in [6.45, 7) is 0.0471. The second-order valence-corrected chi connectivity index (χ2v) is 3.15. The molecule has 0 fully saturated rings. The third kappa shape index (κ3) is 2.40. The van der Waals surface area contributed by atoms with E-state index in [4.69, 9.17) is 17.2 Å². The summed E-state index contributed by atoms with van der Waals surface area (Å²) >= 11 is 0. The molecule has 0 unspecified atom stereocenters. The first-order valence-corrected chi connectivity index (χ1v) is 4.29. The van der Waals surface area contributed by atoms with Crippen molar-refractivity contribution < 1.29 is 13.2 Å². The van der Waals surface area contributed by atoms with Crippen molar-refractivity contribution >= 4 is 5.69 Å². The lowest BCUT2D eigenvalue weighted by atomic mass is 10.0. The quantitative estimate of drug-likeness (QED) is 0.655. The van der Waals surface area contributed by atoms with Crippen LogP contribution in [0.2, 0.25) is 0 Å². The molecule has 84 valence electrons. The molecule has 6 N–H and O–H groups in total. The van der Waals surface area contributed by atoms with E-state index in [1.807, 2.05) is 0 Å². The predicted molar refractivity (Wildman–Crippen MR) is 51.8 cm³/mol. The van der Waals surface area contributed by atoms with Gasteiger partial charge in [-0.2, -0.15) is 13.2 Å². The van der Waals surface area contributed by atoms with Gasteiger partial charge in [0.1, 0.15) is 0 Å². The Kier molecular flexibility index (Phi) is 3.21. The van der Waals surface area contributed by atoms with E-state index in [1.165, 1.54) is 12.1 Å². The maximum atomic E-state index is 12.4. The number of hydrogen-bond acceptors (Lipinski definition) is 3. The zero-order valence-electron chi connectivity index (χ0n) is 7.88. The minimum atomic E-state index is -4.46. The summed E-state index contributed by atoms with van der Waals surface area (Å²) in [5.41, 5.74) is 15.2. The fraction of sp³-hybridized carbons (Fsp3) is 0.333. The number of halogens is 3. The van der Waals surface area contributed by atoms with E-state index in [1.54, 1.807) is 0 Å². The molecule has 0 heterocycles. The van der Waals surface area contributed by atoms with Gasteiger partial charge >= 0.3 is 6.18 Å². The van der Waals surface area contributed by atoms with Gasteiger partial charge in [0, 0.05) is 18.3 Å². The summed E-state index contributed by atoms with van der Waals surface area (Å²) in [6.07, 6.45) is -4.46. The first-order chi connectivity index (χ1) is 6.88. The molecule has 1 aromatic carbocycles. The van der Waals surface area contributed by atoms with E-state index in [-0.39, 0.29) is 17.8 Å². The van der Waals surface area contributed by atoms with E-state index in [0.29, 0.717) is 0 Å². The first kappa shape index (κ1) is 11.8. The van der Waals surface area contributed by atoms with Crippen LogP contribution in [0.3, 0.4) is 0 Å². The predicted octanol–water partition coefficient (Wildman–Crippen LogP) is 1.25. The zero-order valence-corrected chi connectivity index (χ0v) is 7.88. The number of para-hydroxylation sites is 1. The summed E-state index contributed by atoms with van der Waals surface area (Å²) in [5, 5.41) is 0. The van der Waals surface area contributed by atoms with Crippen LogP contribution in [-0.4, -0.2) is 6.54 Å². The number of benzene rings is 1. The Balaban J connectivity index is 3.23. The molecule has 0 amide bonds. The van der Waals surface area contributed by atoms with Crippen LogP contribution in [0, 0.1) is 0 Å². The number of nitrogen functional groups attached to an aromatic ring is 1. The summed E-state index contributed by atoms with van der Waals surface area (Å²) < 4.78 is 37.3. The molecule has 1 aromatic rings. The molecule has 0 aliphatic rings. The number of nitrogens with two attached hydrogens (primary N) is 3. The summed E-state index contributed by atoms with van der Waals surface area (Å²) in [6, 6.07) is 2.96. The van der Waals surface area contributed by atoms with E-state index >= 15 is 0 Å². The maximum absolute atomic E-state index is 12.4. The second kappa shape index (κ2) is 4.08. The van der Waals surface area contributed by atoms with Crippen LogP contribution in [0.4, 0.5) is 18.9 Å². The van der Waals surface area contributed by atoms with Crippen LogP contribution in [0.25, 0.3) is 0 Å². The number of rotatable bonds is 2. The molecule has 0 aromatic heterocycles. The highest BCUT2D eigenvalue weighted by molar-refractivity contribution is 5.56. The average Bonchev–Trinajstić information content (AvgIpc) is 2.15. The monoisotopic (exact) mass is 219 g/mol. The SMILES string of the molecule is NC[C@@H](N)c1cccc(C(F)(F)F)c1N. The van der Waals surface area contributed by atoms with Gasteiger partial charge < -0.3 is 17.2 Å². The molecule has 6 heteroatoms. The molecular formula is C9H12F3N3. The van der Waals surface area contributed by atoms with Crippen molar-refractivity contribution in [1.29, 1.82) is 0 Å². The van der Waals surface area contributed by atoms with Gasteiger partial charge in [0.05, 0.1) is 5.56 Å². The summed E-state index contributed by atoms with van der Waals surface area (Å²) in [4.78, 5) is 0. The van der Waals surface area contributed by atoms with Crippen molar-refractivity contribution in [3.63, 3.8) is 0 Å². The molecular weight excluding hydrogens is 207 g/mol. The Morgan fingerprint density at radius 1 is 1.27 bits per heavy atom. The van der Waals surface area contributed by atoms with Crippen LogP contribution in [0.15, 0.2) is 18.2 Å². The Bertz CT molecular complexity index is 349. The lowest BCUT2D eigenvalue weighted by molar-refractivity contribution is -0.136. The largest absolute Gasteiger partial charge is 0.418 e. The molecule has 0 saturated carbocycles. The minimum absolute atomic E-state index is 0.0471. The lowest BCUT2D eigenvalue weighted by Crippen LogP contribution is -2.23. The Morgan fingerprint density at radius 2 is 1.87 bits per heavy atom. The first-order valence-electron chi connectivity index (χ1n) is 4.29. The van der Waals surface area contributed by atoms with Crippen molar-refractivity contribution in [2.75, 3.05) is 12.3 Å². The van der Waals surface area contributed by atoms with Gasteiger partial charge in [0.25, 0.3) is 0 Å². The third-order valence-electron chi connectivity index (χ3n) is 2.10. The fourth-order valence-corrected chi connectivity index (χ4v) is 1.28. The highest BCUT2D eigenvalue weighted by Crippen LogP contribution is 2.36. The topological polar surface area (TPSA) is 78.1 Å². The molecule has 1 rings (SSSR count). The van der Waals surface area contributed by atoms with Crippen molar-refractivity contribution in [3.8, 4) is 0 Å². The maximum Gasteiger partial charge on any atom is 0.418 e. The van der Waals surface area contributed by atoms with Crippen molar-refractivity contribution in [3.05, 3.63) is 29.3 Å². The highest BCUT2D eigenvalue weighted by Gasteiger charge is 2.33.